The van der Waals surface area contributed by atoms with E-state index in [9.17, 15) is 0 Å². The monoisotopic (exact) mass is 294 g/mol. The molecular formula is C4H9Br2O3P. The van der Waals surface area contributed by atoms with Crippen molar-refractivity contribution < 1.29 is 13.9 Å². The Morgan fingerprint density at radius 2 is 1.50 bits per heavy atom. The molecule has 0 saturated heterocycles. The molecule has 0 aliphatic carbocycles. The van der Waals surface area contributed by atoms with Gasteiger partial charge in [-0.1, -0.05) is 31.9 Å². The second-order valence-electron chi connectivity index (χ2n) is 1.53. The standard InChI is InChI=1S/C4H9Br2O3P/c1-3(5)8-10(7)9-4(2)6/h3-4,7H,1-2H3. The molecule has 0 aromatic heterocycles. The summed E-state index contributed by atoms with van der Waals surface area (Å²) in [6.45, 7) is 3.52. The molecular weight excluding hydrogens is 287 g/mol. The molecule has 2 atom stereocenters. The van der Waals surface area contributed by atoms with Gasteiger partial charge in [0.1, 0.15) is 10.0 Å². The summed E-state index contributed by atoms with van der Waals surface area (Å²) in [7, 11) is -1.75. The number of alkyl halides is 2. The van der Waals surface area contributed by atoms with Gasteiger partial charge in [0.2, 0.25) is 0 Å². The van der Waals surface area contributed by atoms with Crippen molar-refractivity contribution in [3.8, 4) is 0 Å². The summed E-state index contributed by atoms with van der Waals surface area (Å²) >= 11 is 6.21. The van der Waals surface area contributed by atoms with Gasteiger partial charge in [-0.05, 0) is 13.8 Å². The van der Waals surface area contributed by atoms with Crippen LogP contribution in [0.1, 0.15) is 13.8 Å². The fourth-order valence-electron chi connectivity index (χ4n) is 0.273. The van der Waals surface area contributed by atoms with Crippen molar-refractivity contribution in [3.05, 3.63) is 0 Å². The second kappa shape index (κ2) is 5.86. The van der Waals surface area contributed by atoms with Gasteiger partial charge in [-0.25, -0.2) is 0 Å². The first kappa shape index (κ1) is 11.3. The number of halogens is 2. The van der Waals surface area contributed by atoms with Crippen LogP contribution < -0.4 is 0 Å². The first-order valence-electron chi connectivity index (χ1n) is 2.63. The molecule has 0 radical (unpaired) electrons. The maximum Gasteiger partial charge on any atom is 0.332 e. The van der Waals surface area contributed by atoms with Gasteiger partial charge in [-0.2, -0.15) is 0 Å². The molecule has 0 aromatic rings. The maximum absolute atomic E-state index is 8.95. The highest BCUT2D eigenvalue weighted by Crippen LogP contribution is 2.38. The summed E-state index contributed by atoms with van der Waals surface area (Å²) in [5, 5.41) is -0.371. The van der Waals surface area contributed by atoms with Crippen LogP contribution in [0.4, 0.5) is 0 Å². The molecule has 0 rings (SSSR count). The first-order chi connectivity index (χ1) is 4.52. The van der Waals surface area contributed by atoms with Crippen LogP contribution in [0.3, 0.4) is 0 Å². The predicted octanol–water partition coefficient (Wildman–Crippen LogP) is 2.72. The van der Waals surface area contributed by atoms with E-state index in [4.69, 9.17) is 13.9 Å². The van der Waals surface area contributed by atoms with E-state index in [2.05, 4.69) is 31.9 Å². The third-order valence-corrected chi connectivity index (χ3v) is 2.42. The van der Waals surface area contributed by atoms with Crippen LogP contribution in [0.25, 0.3) is 0 Å². The molecule has 0 aromatic carbocycles. The zero-order valence-corrected chi connectivity index (χ0v) is 9.69. The topological polar surface area (TPSA) is 38.7 Å². The van der Waals surface area contributed by atoms with Crippen LogP contribution in [-0.4, -0.2) is 14.9 Å². The molecule has 0 saturated carbocycles. The molecule has 62 valence electrons. The second-order valence-corrected chi connectivity index (χ2v) is 5.01. The number of rotatable bonds is 4. The zero-order valence-electron chi connectivity index (χ0n) is 5.62. The fraction of sp³-hybridized carbons (Fsp3) is 1.00. The van der Waals surface area contributed by atoms with Crippen molar-refractivity contribution in [1.82, 2.24) is 0 Å². The first-order valence-corrected chi connectivity index (χ1v) is 5.59. The Hall–Kier alpha value is 1.27. The molecule has 0 fully saturated rings. The third kappa shape index (κ3) is 7.38. The maximum atomic E-state index is 8.95. The van der Waals surface area contributed by atoms with Crippen molar-refractivity contribution in [3.63, 3.8) is 0 Å². The molecule has 3 nitrogen and oxygen atoms in total. The predicted molar refractivity (Wildman–Crippen MR) is 48.1 cm³/mol. The Labute approximate surface area is 78.4 Å². The number of hydrogen-bond acceptors (Lipinski definition) is 3. The quantitative estimate of drug-likeness (QED) is 0.640. The summed E-state index contributed by atoms with van der Waals surface area (Å²) in [6.07, 6.45) is 0. The van der Waals surface area contributed by atoms with Crippen LogP contribution in [0.5, 0.6) is 0 Å². The highest BCUT2D eigenvalue weighted by molar-refractivity contribution is 9.09. The summed E-state index contributed by atoms with van der Waals surface area (Å²) < 4.78 is 9.69. The van der Waals surface area contributed by atoms with Gasteiger partial charge in [0.05, 0.1) is 0 Å². The lowest BCUT2D eigenvalue weighted by Crippen LogP contribution is -1.99. The minimum absolute atomic E-state index is 0.185. The Balaban J connectivity index is 3.34. The lowest BCUT2D eigenvalue weighted by molar-refractivity contribution is 0.195. The van der Waals surface area contributed by atoms with Crippen molar-refractivity contribution in [1.29, 1.82) is 0 Å². The lowest BCUT2D eigenvalue weighted by atomic mass is 10.9. The van der Waals surface area contributed by atoms with Crippen molar-refractivity contribution in [2.24, 2.45) is 0 Å². The summed E-state index contributed by atoms with van der Waals surface area (Å²) in [5.41, 5.74) is 0. The van der Waals surface area contributed by atoms with Gasteiger partial charge in [-0.3, -0.25) is 9.05 Å². The summed E-state index contributed by atoms with van der Waals surface area (Å²) in [6, 6.07) is 0. The summed E-state index contributed by atoms with van der Waals surface area (Å²) in [4.78, 5) is 8.95. The van der Waals surface area contributed by atoms with Crippen LogP contribution >= 0.6 is 40.5 Å². The van der Waals surface area contributed by atoms with Crippen LogP contribution in [0, 0.1) is 0 Å². The van der Waals surface area contributed by atoms with Crippen LogP contribution in [0.15, 0.2) is 0 Å². The highest BCUT2D eigenvalue weighted by atomic mass is 79.9. The average Bonchev–Trinajstić information content (AvgIpc) is 1.58. The third-order valence-electron chi connectivity index (χ3n) is 0.471. The van der Waals surface area contributed by atoms with Gasteiger partial charge in [0, 0.05) is 0 Å². The molecule has 0 aliphatic heterocycles. The minimum Gasteiger partial charge on any atom is -0.328 e. The van der Waals surface area contributed by atoms with E-state index >= 15 is 0 Å². The van der Waals surface area contributed by atoms with Crippen LogP contribution in [-0.2, 0) is 9.05 Å². The van der Waals surface area contributed by atoms with E-state index in [1.165, 1.54) is 0 Å². The summed E-state index contributed by atoms with van der Waals surface area (Å²) in [5.74, 6) is 0. The molecule has 1 N–H and O–H groups in total. The number of hydrogen-bond donors (Lipinski definition) is 1. The molecule has 6 heteroatoms. The molecule has 0 aliphatic rings. The molecule has 0 amide bonds. The Bertz CT molecular complexity index is 80.6. The van der Waals surface area contributed by atoms with Gasteiger partial charge in [-0.15, -0.1) is 0 Å². The van der Waals surface area contributed by atoms with E-state index < -0.39 is 8.60 Å². The van der Waals surface area contributed by atoms with Crippen molar-refractivity contribution >= 4 is 40.5 Å². The largest absolute Gasteiger partial charge is 0.332 e. The zero-order chi connectivity index (χ0) is 8.15. The Morgan fingerprint density at radius 1 is 1.20 bits per heavy atom. The minimum atomic E-state index is -1.75. The van der Waals surface area contributed by atoms with E-state index in [-0.39, 0.29) is 10.0 Å². The molecule has 0 spiro atoms. The molecule has 0 bridgehead atoms. The van der Waals surface area contributed by atoms with Crippen molar-refractivity contribution in [2.45, 2.75) is 23.9 Å². The van der Waals surface area contributed by atoms with E-state index in [0.717, 1.165) is 0 Å². The Kier molecular flexibility index (Phi) is 6.61. The SMILES string of the molecule is CC(Br)OP(O)OC(C)Br. The lowest BCUT2D eigenvalue weighted by Gasteiger charge is -2.13. The highest BCUT2D eigenvalue weighted by Gasteiger charge is 2.11. The smallest absolute Gasteiger partial charge is 0.328 e. The molecule has 0 heterocycles. The van der Waals surface area contributed by atoms with E-state index in [1.807, 2.05) is 0 Å². The Morgan fingerprint density at radius 3 is 1.70 bits per heavy atom. The van der Waals surface area contributed by atoms with Gasteiger partial charge < -0.3 is 4.89 Å². The van der Waals surface area contributed by atoms with Crippen LogP contribution in [0.2, 0.25) is 0 Å². The van der Waals surface area contributed by atoms with Gasteiger partial charge in [0.25, 0.3) is 0 Å². The molecule has 10 heavy (non-hydrogen) atoms. The normalized spacial score (nSPS) is 20.1. The van der Waals surface area contributed by atoms with Gasteiger partial charge in [0.15, 0.2) is 0 Å². The average molecular weight is 296 g/mol. The molecule has 2 unspecified atom stereocenters. The van der Waals surface area contributed by atoms with E-state index in [0.29, 0.717) is 0 Å². The van der Waals surface area contributed by atoms with E-state index in [1.54, 1.807) is 13.8 Å². The van der Waals surface area contributed by atoms with Gasteiger partial charge >= 0.3 is 8.60 Å². The van der Waals surface area contributed by atoms with Crippen molar-refractivity contribution in [2.75, 3.05) is 0 Å². The fourth-order valence-corrected chi connectivity index (χ4v) is 1.68.